The van der Waals surface area contributed by atoms with E-state index in [0.717, 1.165) is 54.0 Å². The highest BCUT2D eigenvalue weighted by atomic mass is 16.3. The van der Waals surface area contributed by atoms with Gasteiger partial charge in [0.2, 0.25) is 0 Å². The SMILES string of the molecule is C[C@@H](Nc1cccnc1)[C@H]1CC[C@H]2[C@@H]3CC[C@@H]4C[C@](C)(O)CC[C@@H]4[C@H]3CC[C@]12C. The summed E-state index contributed by atoms with van der Waals surface area (Å²) >= 11 is 0. The van der Waals surface area contributed by atoms with Crippen LogP contribution in [0.5, 0.6) is 0 Å². The number of fused-ring (bicyclic) bond motifs is 5. The predicted molar refractivity (Wildman–Crippen MR) is 119 cm³/mol. The molecule has 0 radical (unpaired) electrons. The molecule has 0 spiro atoms. The van der Waals surface area contributed by atoms with Gasteiger partial charge in [-0.3, -0.25) is 4.98 Å². The molecule has 4 aliphatic rings. The van der Waals surface area contributed by atoms with E-state index in [1.807, 2.05) is 18.5 Å². The van der Waals surface area contributed by atoms with E-state index >= 15 is 0 Å². The summed E-state index contributed by atoms with van der Waals surface area (Å²) < 4.78 is 0. The Kier molecular flexibility index (Phi) is 4.96. The second kappa shape index (κ2) is 7.25. The minimum absolute atomic E-state index is 0.400. The molecule has 0 aliphatic heterocycles. The van der Waals surface area contributed by atoms with Gasteiger partial charge in [0.15, 0.2) is 0 Å². The number of hydrogen-bond acceptors (Lipinski definition) is 3. The Hall–Kier alpha value is -1.09. The van der Waals surface area contributed by atoms with E-state index in [0.29, 0.717) is 11.5 Å². The Bertz CT molecular complexity index is 719. The van der Waals surface area contributed by atoms with Crippen molar-refractivity contribution in [1.29, 1.82) is 0 Å². The van der Waals surface area contributed by atoms with Crippen LogP contribution >= 0.6 is 0 Å². The number of hydrogen-bond donors (Lipinski definition) is 2. The number of pyridine rings is 1. The van der Waals surface area contributed by atoms with Gasteiger partial charge in [0, 0.05) is 18.4 Å². The zero-order valence-electron chi connectivity index (χ0n) is 18.6. The molecule has 0 saturated heterocycles. The Labute approximate surface area is 177 Å². The molecule has 0 bridgehead atoms. The quantitative estimate of drug-likeness (QED) is 0.668. The monoisotopic (exact) mass is 396 g/mol. The van der Waals surface area contributed by atoms with Crippen LogP contribution in [0, 0.1) is 40.9 Å². The Morgan fingerprint density at radius 1 is 1.03 bits per heavy atom. The predicted octanol–water partition coefficient (Wildman–Crippen LogP) is 5.90. The fourth-order valence-corrected chi connectivity index (χ4v) is 8.76. The minimum Gasteiger partial charge on any atom is -0.390 e. The highest BCUT2D eigenvalue weighted by Gasteiger charge is 2.58. The summed E-state index contributed by atoms with van der Waals surface area (Å²) in [7, 11) is 0. The van der Waals surface area contributed by atoms with Crippen molar-refractivity contribution in [2.45, 2.75) is 90.2 Å². The number of nitrogens with zero attached hydrogens (tertiary/aromatic N) is 1. The fraction of sp³-hybridized carbons (Fsp3) is 0.808. The molecule has 3 nitrogen and oxygen atoms in total. The summed E-state index contributed by atoms with van der Waals surface area (Å²) in [5.41, 5.74) is 1.25. The third-order valence-corrected chi connectivity index (χ3v) is 9.97. The van der Waals surface area contributed by atoms with Gasteiger partial charge in [-0.2, -0.15) is 0 Å². The third kappa shape index (κ3) is 3.42. The molecular formula is C26H40N2O. The van der Waals surface area contributed by atoms with E-state index in [1.165, 1.54) is 44.9 Å². The normalized spacial score (nSPS) is 47.6. The van der Waals surface area contributed by atoms with Crippen molar-refractivity contribution in [3.63, 3.8) is 0 Å². The second-order valence-corrected chi connectivity index (χ2v) is 11.6. The highest BCUT2D eigenvalue weighted by molar-refractivity contribution is 5.41. The summed E-state index contributed by atoms with van der Waals surface area (Å²) in [5.74, 6) is 5.22. The van der Waals surface area contributed by atoms with E-state index in [-0.39, 0.29) is 0 Å². The maximum atomic E-state index is 10.6. The topological polar surface area (TPSA) is 45.2 Å². The first kappa shape index (κ1) is 19.8. The van der Waals surface area contributed by atoms with Crippen LogP contribution in [-0.2, 0) is 0 Å². The number of anilines is 1. The minimum atomic E-state index is -0.400. The van der Waals surface area contributed by atoms with Gasteiger partial charge < -0.3 is 10.4 Å². The van der Waals surface area contributed by atoms with Crippen molar-refractivity contribution in [2.24, 2.45) is 40.9 Å². The van der Waals surface area contributed by atoms with Gasteiger partial charge in [-0.25, -0.2) is 0 Å². The molecule has 4 saturated carbocycles. The number of nitrogens with one attached hydrogen (secondary N) is 1. The summed E-state index contributed by atoms with van der Waals surface area (Å²) in [6, 6.07) is 4.68. The molecule has 9 atom stereocenters. The zero-order valence-corrected chi connectivity index (χ0v) is 18.6. The first-order chi connectivity index (χ1) is 13.9. The highest BCUT2D eigenvalue weighted by Crippen LogP contribution is 2.65. The molecule has 4 fully saturated rings. The smallest absolute Gasteiger partial charge is 0.0622 e. The largest absolute Gasteiger partial charge is 0.390 e. The van der Waals surface area contributed by atoms with Gasteiger partial charge in [-0.05, 0) is 125 Å². The van der Waals surface area contributed by atoms with Crippen LogP contribution in [0.3, 0.4) is 0 Å². The number of rotatable bonds is 3. The average molecular weight is 397 g/mol. The molecule has 29 heavy (non-hydrogen) atoms. The van der Waals surface area contributed by atoms with Crippen LogP contribution in [0.1, 0.15) is 78.6 Å². The molecule has 4 aliphatic carbocycles. The van der Waals surface area contributed by atoms with Crippen LogP contribution in [0.4, 0.5) is 5.69 Å². The molecular weight excluding hydrogens is 356 g/mol. The lowest BCUT2D eigenvalue weighted by Gasteiger charge is -2.57. The van der Waals surface area contributed by atoms with Crippen molar-refractivity contribution in [2.75, 3.05) is 5.32 Å². The molecule has 1 aromatic heterocycles. The fourth-order valence-electron chi connectivity index (χ4n) is 8.76. The van der Waals surface area contributed by atoms with Crippen molar-refractivity contribution in [1.82, 2.24) is 4.98 Å². The first-order valence-corrected chi connectivity index (χ1v) is 12.3. The molecule has 5 rings (SSSR count). The summed E-state index contributed by atoms with van der Waals surface area (Å²) in [6.45, 7) is 7.10. The second-order valence-electron chi connectivity index (χ2n) is 11.6. The van der Waals surface area contributed by atoms with E-state index in [2.05, 4.69) is 37.1 Å². The number of aliphatic hydroxyl groups is 1. The van der Waals surface area contributed by atoms with Crippen molar-refractivity contribution < 1.29 is 5.11 Å². The van der Waals surface area contributed by atoms with Crippen LogP contribution in [0.2, 0.25) is 0 Å². The number of aromatic nitrogens is 1. The third-order valence-electron chi connectivity index (χ3n) is 9.97. The summed E-state index contributed by atoms with van der Waals surface area (Å²) in [6.07, 6.45) is 15.6. The van der Waals surface area contributed by atoms with Gasteiger partial charge in [0.25, 0.3) is 0 Å². The van der Waals surface area contributed by atoms with Gasteiger partial charge in [0.1, 0.15) is 0 Å². The molecule has 0 aromatic carbocycles. The first-order valence-electron chi connectivity index (χ1n) is 12.3. The lowest BCUT2D eigenvalue weighted by atomic mass is 9.49. The van der Waals surface area contributed by atoms with E-state index < -0.39 is 5.60 Å². The van der Waals surface area contributed by atoms with Gasteiger partial charge in [-0.1, -0.05) is 6.92 Å². The average Bonchev–Trinajstić information content (AvgIpc) is 3.05. The summed E-state index contributed by atoms with van der Waals surface area (Å²) in [4.78, 5) is 4.29. The summed E-state index contributed by atoms with van der Waals surface area (Å²) in [5, 5.41) is 14.4. The van der Waals surface area contributed by atoms with Gasteiger partial charge in [0.05, 0.1) is 11.3 Å². The Morgan fingerprint density at radius 3 is 2.66 bits per heavy atom. The molecule has 160 valence electrons. The van der Waals surface area contributed by atoms with Gasteiger partial charge >= 0.3 is 0 Å². The standard InChI is InChI=1S/C26H40N2O/c1-17(28-19-5-4-14-27-16-19)23-8-9-24-22-7-6-18-15-25(2,29)12-10-20(18)21(22)11-13-26(23,24)3/h4-5,14,16-18,20-24,28-29H,6-13,15H2,1-3H3/t17-,18-,20+,21-,22-,23-,24+,25-,26-/m1/s1. The molecule has 3 heteroatoms. The molecule has 2 N–H and O–H groups in total. The van der Waals surface area contributed by atoms with Crippen molar-refractivity contribution >= 4 is 5.69 Å². The Morgan fingerprint density at radius 2 is 1.86 bits per heavy atom. The molecule has 1 aromatic rings. The van der Waals surface area contributed by atoms with Crippen molar-refractivity contribution in [3.8, 4) is 0 Å². The van der Waals surface area contributed by atoms with Crippen LogP contribution in [0.15, 0.2) is 24.5 Å². The van der Waals surface area contributed by atoms with Crippen LogP contribution in [-0.4, -0.2) is 21.7 Å². The maximum Gasteiger partial charge on any atom is 0.0622 e. The Balaban J connectivity index is 1.31. The van der Waals surface area contributed by atoms with Crippen LogP contribution < -0.4 is 5.32 Å². The van der Waals surface area contributed by atoms with Crippen LogP contribution in [0.25, 0.3) is 0 Å². The maximum absolute atomic E-state index is 10.6. The lowest BCUT2D eigenvalue weighted by molar-refractivity contribution is -0.100. The van der Waals surface area contributed by atoms with E-state index in [9.17, 15) is 5.11 Å². The molecule has 0 amide bonds. The molecule has 1 heterocycles. The van der Waals surface area contributed by atoms with Crippen molar-refractivity contribution in [3.05, 3.63) is 24.5 Å². The molecule has 0 unspecified atom stereocenters. The van der Waals surface area contributed by atoms with Gasteiger partial charge in [-0.15, -0.1) is 0 Å². The van der Waals surface area contributed by atoms with E-state index in [4.69, 9.17) is 0 Å². The van der Waals surface area contributed by atoms with E-state index in [1.54, 1.807) is 0 Å². The zero-order chi connectivity index (χ0) is 20.2. The lowest BCUT2D eigenvalue weighted by Crippen LogP contribution is -2.51.